The second-order valence-corrected chi connectivity index (χ2v) is 6.66. The molecule has 0 aliphatic heterocycles. The molecule has 0 fully saturated rings. The van der Waals surface area contributed by atoms with Crippen LogP contribution in [0.4, 0.5) is 20.2 Å². The smallest absolute Gasteiger partial charge is 0.133 e. The lowest BCUT2D eigenvalue weighted by atomic mass is 9.97. The molecule has 5 heteroatoms. The number of nitrogen functional groups attached to an aromatic ring is 1. The molecule has 0 saturated carbocycles. The van der Waals surface area contributed by atoms with Gasteiger partial charge in [-0.25, -0.2) is 8.78 Å². The maximum atomic E-state index is 14.2. The van der Waals surface area contributed by atoms with Gasteiger partial charge in [0.15, 0.2) is 0 Å². The van der Waals surface area contributed by atoms with Crippen LogP contribution in [0.2, 0.25) is 0 Å². The number of nitrogens with two attached hydrogens (primary N) is 1. The number of hydrogen-bond acceptors (Lipinski definition) is 2. The first-order chi connectivity index (χ1) is 11.3. The van der Waals surface area contributed by atoms with Crippen LogP contribution in [0.25, 0.3) is 11.1 Å². The topological polar surface area (TPSA) is 29.3 Å². The van der Waals surface area contributed by atoms with Crippen LogP contribution in [-0.4, -0.2) is 7.05 Å². The van der Waals surface area contributed by atoms with Gasteiger partial charge in [-0.15, -0.1) is 0 Å². The molecule has 0 heterocycles. The first kappa shape index (κ1) is 18.5. The maximum absolute atomic E-state index is 14.2. The van der Waals surface area contributed by atoms with Gasteiger partial charge in [0, 0.05) is 30.6 Å². The van der Waals surface area contributed by atoms with Crippen LogP contribution in [0.3, 0.4) is 0 Å². The van der Waals surface area contributed by atoms with Crippen molar-refractivity contribution in [2.75, 3.05) is 17.7 Å². The number of rotatable bonds is 4. The van der Waals surface area contributed by atoms with Gasteiger partial charge in [-0.3, -0.25) is 0 Å². The molecule has 0 aromatic heterocycles. The van der Waals surface area contributed by atoms with E-state index in [1.54, 1.807) is 6.07 Å². The lowest BCUT2D eigenvalue weighted by molar-refractivity contribution is 0.585. The molecule has 0 amide bonds. The summed E-state index contributed by atoms with van der Waals surface area (Å²) in [5, 5.41) is 0. The number of hydrogen-bond donors (Lipinski definition) is 1. The fourth-order valence-electron chi connectivity index (χ4n) is 2.65. The summed E-state index contributed by atoms with van der Waals surface area (Å²) in [6, 6.07) is 5.29. The van der Waals surface area contributed by atoms with E-state index in [1.807, 2.05) is 32.0 Å². The van der Waals surface area contributed by atoms with Crippen LogP contribution in [0.1, 0.15) is 25.8 Å². The Balaban J connectivity index is 2.68. The summed E-state index contributed by atoms with van der Waals surface area (Å²) in [6.07, 6.45) is 2.96. The largest absolute Gasteiger partial charge is 0.398 e. The van der Waals surface area contributed by atoms with E-state index in [1.165, 1.54) is 17.7 Å². The van der Waals surface area contributed by atoms with Gasteiger partial charge in [0.2, 0.25) is 0 Å². The molecule has 2 nitrogen and oxygen atoms in total. The molecule has 0 aliphatic carbocycles. The van der Waals surface area contributed by atoms with Gasteiger partial charge in [-0.05, 0) is 65.5 Å². The molecule has 2 rings (SSSR count). The Kier molecular flexibility index (Phi) is 5.65. The Morgan fingerprint density at radius 1 is 1.25 bits per heavy atom. The quantitative estimate of drug-likeness (QED) is 0.640. The number of anilines is 2. The summed E-state index contributed by atoms with van der Waals surface area (Å²) in [5.74, 6) is -1.20. The molecule has 0 aliphatic rings. The van der Waals surface area contributed by atoms with E-state index >= 15 is 0 Å². The van der Waals surface area contributed by atoms with E-state index in [2.05, 4.69) is 22.9 Å². The van der Waals surface area contributed by atoms with Crippen LogP contribution in [0.5, 0.6) is 0 Å². The molecule has 128 valence electrons. The van der Waals surface area contributed by atoms with Gasteiger partial charge in [0.25, 0.3) is 0 Å². The highest BCUT2D eigenvalue weighted by atomic mass is 79.9. The molecule has 0 atom stereocenters. The van der Waals surface area contributed by atoms with E-state index in [0.29, 0.717) is 16.8 Å². The average Bonchev–Trinajstić information content (AvgIpc) is 2.51. The molecule has 2 aromatic carbocycles. The van der Waals surface area contributed by atoms with Crippen LogP contribution in [-0.2, 0) is 0 Å². The highest BCUT2D eigenvalue weighted by Gasteiger charge is 2.18. The van der Waals surface area contributed by atoms with Crippen molar-refractivity contribution in [2.24, 2.45) is 0 Å². The van der Waals surface area contributed by atoms with Crippen molar-refractivity contribution in [2.45, 2.75) is 27.2 Å². The lowest BCUT2D eigenvalue weighted by Gasteiger charge is -2.23. The van der Waals surface area contributed by atoms with Gasteiger partial charge in [0.05, 0.1) is 10.2 Å². The average molecular weight is 395 g/mol. The SMILES string of the molecule is CCC(C)=CN(C)c1c(C)c(-c2ccc(F)cc2F)cc(N)c1Br. The Bertz CT molecular complexity index is 800. The van der Waals surface area contributed by atoms with E-state index in [4.69, 9.17) is 5.73 Å². The van der Waals surface area contributed by atoms with Crippen molar-refractivity contribution in [3.8, 4) is 11.1 Å². The van der Waals surface area contributed by atoms with Gasteiger partial charge in [-0.2, -0.15) is 0 Å². The summed E-state index contributed by atoms with van der Waals surface area (Å²) in [5.41, 5.74) is 10.5. The standard InChI is InChI=1S/C19H21BrF2N2/c1-5-11(2)10-24(4)19-12(3)15(9-17(23)18(19)20)14-7-6-13(21)8-16(14)22/h6-10H,5,23H2,1-4H3. The van der Waals surface area contributed by atoms with Crippen molar-refractivity contribution in [1.82, 2.24) is 0 Å². The fraction of sp³-hybridized carbons (Fsp3) is 0.263. The zero-order valence-corrected chi connectivity index (χ0v) is 15.8. The predicted molar refractivity (Wildman–Crippen MR) is 101 cm³/mol. The van der Waals surface area contributed by atoms with Crippen molar-refractivity contribution >= 4 is 27.3 Å². The molecule has 24 heavy (non-hydrogen) atoms. The van der Waals surface area contributed by atoms with Crippen molar-refractivity contribution in [3.05, 3.63) is 57.7 Å². The number of allylic oxidation sites excluding steroid dienone is 1. The van der Waals surface area contributed by atoms with E-state index in [-0.39, 0.29) is 0 Å². The van der Waals surface area contributed by atoms with Crippen LogP contribution >= 0.6 is 15.9 Å². The van der Waals surface area contributed by atoms with E-state index in [9.17, 15) is 8.78 Å². The summed E-state index contributed by atoms with van der Waals surface area (Å²) >= 11 is 3.53. The van der Waals surface area contributed by atoms with Crippen LogP contribution < -0.4 is 10.6 Å². The summed E-state index contributed by atoms with van der Waals surface area (Å²) < 4.78 is 28.2. The Hall–Kier alpha value is -1.88. The Labute approximate surface area is 150 Å². The summed E-state index contributed by atoms with van der Waals surface area (Å²) in [6.45, 7) is 6.04. The first-order valence-electron chi connectivity index (χ1n) is 7.70. The minimum atomic E-state index is -0.603. The van der Waals surface area contributed by atoms with Crippen LogP contribution in [0.15, 0.2) is 40.5 Å². The molecule has 2 N–H and O–H groups in total. The van der Waals surface area contributed by atoms with E-state index in [0.717, 1.165) is 28.2 Å². The molecule has 0 radical (unpaired) electrons. The monoisotopic (exact) mass is 394 g/mol. The van der Waals surface area contributed by atoms with Crippen LogP contribution in [0, 0.1) is 18.6 Å². The third kappa shape index (κ3) is 3.61. The Morgan fingerprint density at radius 2 is 1.92 bits per heavy atom. The number of nitrogens with zero attached hydrogens (tertiary/aromatic N) is 1. The molecule has 0 bridgehead atoms. The van der Waals surface area contributed by atoms with Crippen molar-refractivity contribution in [1.29, 1.82) is 0 Å². The second-order valence-electron chi connectivity index (χ2n) is 5.87. The highest BCUT2D eigenvalue weighted by molar-refractivity contribution is 9.10. The van der Waals surface area contributed by atoms with Gasteiger partial charge >= 0.3 is 0 Å². The molecule has 2 aromatic rings. The third-order valence-electron chi connectivity index (χ3n) is 4.07. The van der Waals surface area contributed by atoms with Gasteiger partial charge < -0.3 is 10.6 Å². The summed E-state index contributed by atoms with van der Waals surface area (Å²) in [4.78, 5) is 1.97. The van der Waals surface area contributed by atoms with Gasteiger partial charge in [0.1, 0.15) is 11.6 Å². The van der Waals surface area contributed by atoms with E-state index < -0.39 is 11.6 Å². The minimum Gasteiger partial charge on any atom is -0.398 e. The Morgan fingerprint density at radius 3 is 2.50 bits per heavy atom. The number of halogens is 3. The van der Waals surface area contributed by atoms with Crippen molar-refractivity contribution < 1.29 is 8.78 Å². The molecular formula is C19H21BrF2N2. The summed E-state index contributed by atoms with van der Waals surface area (Å²) in [7, 11) is 1.93. The normalized spacial score (nSPS) is 11.7. The lowest BCUT2D eigenvalue weighted by Crippen LogP contribution is -2.13. The predicted octanol–water partition coefficient (Wildman–Crippen LogP) is 6.03. The zero-order chi connectivity index (χ0) is 18.0. The highest BCUT2D eigenvalue weighted by Crippen LogP contribution is 2.41. The van der Waals surface area contributed by atoms with Gasteiger partial charge in [-0.1, -0.05) is 12.5 Å². The zero-order valence-electron chi connectivity index (χ0n) is 14.3. The first-order valence-corrected chi connectivity index (χ1v) is 8.49. The number of benzene rings is 2. The third-order valence-corrected chi connectivity index (χ3v) is 4.90. The molecule has 0 saturated heterocycles. The van der Waals surface area contributed by atoms with Crippen molar-refractivity contribution in [3.63, 3.8) is 0 Å². The maximum Gasteiger partial charge on any atom is 0.133 e. The molecule has 0 unspecified atom stereocenters. The fourth-order valence-corrected chi connectivity index (χ4v) is 3.34. The molecule has 0 spiro atoms. The second kappa shape index (κ2) is 7.34. The minimum absolute atomic E-state index is 0.332. The molecular weight excluding hydrogens is 374 g/mol.